The van der Waals surface area contributed by atoms with Gasteiger partial charge in [0.15, 0.2) is 0 Å². The van der Waals surface area contributed by atoms with Crippen molar-refractivity contribution in [3.05, 3.63) is 64.7 Å². The van der Waals surface area contributed by atoms with E-state index < -0.39 is 0 Å². The summed E-state index contributed by atoms with van der Waals surface area (Å²) >= 11 is 6.27. The summed E-state index contributed by atoms with van der Waals surface area (Å²) in [7, 11) is 1.54. The second kappa shape index (κ2) is 8.43. The van der Waals surface area contributed by atoms with E-state index in [-0.39, 0.29) is 11.8 Å². The second-order valence-electron chi connectivity index (χ2n) is 7.41. The molecule has 152 valence electrons. The molecule has 0 aromatic carbocycles. The first kappa shape index (κ1) is 19.7. The molecule has 0 aliphatic carbocycles. The SMILES string of the molecule is COc1ncc(C2=CC(=O)N3C=C(N4CCNCC4)C=CC3=CCC2C)cc1Cl. The zero-order valence-electron chi connectivity index (χ0n) is 16.7. The van der Waals surface area contributed by atoms with Gasteiger partial charge in [0, 0.05) is 50.3 Å². The summed E-state index contributed by atoms with van der Waals surface area (Å²) in [6.45, 7) is 5.89. The minimum absolute atomic E-state index is 0.0678. The van der Waals surface area contributed by atoms with Crippen LogP contribution in [0.25, 0.3) is 5.57 Å². The van der Waals surface area contributed by atoms with Crippen LogP contribution in [0.3, 0.4) is 0 Å². The molecule has 4 heterocycles. The highest BCUT2D eigenvalue weighted by molar-refractivity contribution is 6.32. The normalized spacial score (nSPS) is 22.2. The van der Waals surface area contributed by atoms with Gasteiger partial charge in [0.1, 0.15) is 5.02 Å². The quantitative estimate of drug-likeness (QED) is 0.826. The van der Waals surface area contributed by atoms with Crippen LogP contribution in [0.2, 0.25) is 5.02 Å². The van der Waals surface area contributed by atoms with Gasteiger partial charge in [-0.05, 0) is 41.7 Å². The number of rotatable bonds is 3. The van der Waals surface area contributed by atoms with Gasteiger partial charge in [-0.25, -0.2) is 4.98 Å². The van der Waals surface area contributed by atoms with Crippen molar-refractivity contribution in [2.24, 2.45) is 5.92 Å². The third-order valence-corrected chi connectivity index (χ3v) is 5.78. The maximum Gasteiger partial charge on any atom is 0.255 e. The number of nitrogens with one attached hydrogen (secondary N) is 1. The second-order valence-corrected chi connectivity index (χ2v) is 7.82. The number of amides is 1. The van der Waals surface area contributed by atoms with Gasteiger partial charge in [-0.2, -0.15) is 0 Å². The summed E-state index contributed by atoms with van der Waals surface area (Å²) in [4.78, 5) is 21.5. The molecule has 4 rings (SSSR count). The molecule has 1 atom stereocenters. The first-order valence-corrected chi connectivity index (χ1v) is 10.2. The van der Waals surface area contributed by atoms with E-state index in [0.717, 1.165) is 55.1 Å². The average Bonchev–Trinajstić information content (AvgIpc) is 2.75. The predicted octanol–water partition coefficient (Wildman–Crippen LogP) is 3.20. The van der Waals surface area contributed by atoms with Crippen LogP contribution in [-0.4, -0.2) is 54.0 Å². The molecule has 3 aliphatic heterocycles. The Labute approximate surface area is 176 Å². The van der Waals surface area contributed by atoms with Crippen molar-refractivity contribution in [1.29, 1.82) is 0 Å². The van der Waals surface area contributed by atoms with Crippen LogP contribution in [0.15, 0.2) is 54.2 Å². The number of carbonyl (C=O) groups is 1. The van der Waals surface area contributed by atoms with E-state index in [1.165, 1.54) is 7.11 Å². The molecular weight excluding hydrogens is 388 g/mol. The number of fused-ring (bicyclic) bond motifs is 1. The van der Waals surface area contributed by atoms with Crippen LogP contribution >= 0.6 is 11.6 Å². The van der Waals surface area contributed by atoms with Crippen LogP contribution in [0.4, 0.5) is 0 Å². The lowest BCUT2D eigenvalue weighted by Gasteiger charge is -2.34. The molecule has 1 amide bonds. The predicted molar refractivity (Wildman–Crippen MR) is 114 cm³/mol. The maximum absolute atomic E-state index is 13.2. The summed E-state index contributed by atoms with van der Waals surface area (Å²) in [5, 5.41) is 3.79. The number of allylic oxidation sites excluding steroid dienone is 4. The van der Waals surface area contributed by atoms with Crippen molar-refractivity contribution in [2.75, 3.05) is 33.3 Å². The Morgan fingerprint density at radius 3 is 2.72 bits per heavy atom. The number of carbonyl (C=O) groups excluding carboxylic acids is 1. The fraction of sp³-hybridized carbons (Fsp3) is 0.364. The molecule has 0 bridgehead atoms. The molecule has 29 heavy (non-hydrogen) atoms. The molecule has 1 unspecified atom stereocenters. The molecule has 1 N–H and O–H groups in total. The molecule has 0 radical (unpaired) electrons. The Morgan fingerprint density at radius 2 is 2.00 bits per heavy atom. The fourth-order valence-corrected chi connectivity index (χ4v) is 4.08. The number of ether oxygens (including phenoxy) is 1. The van der Waals surface area contributed by atoms with E-state index in [9.17, 15) is 4.79 Å². The Kier molecular flexibility index (Phi) is 5.74. The lowest BCUT2D eigenvalue weighted by atomic mass is 9.90. The zero-order valence-corrected chi connectivity index (χ0v) is 17.4. The Hall–Kier alpha value is -2.57. The third-order valence-electron chi connectivity index (χ3n) is 5.51. The van der Waals surface area contributed by atoms with Gasteiger partial charge in [-0.1, -0.05) is 24.6 Å². The fourth-order valence-electron chi connectivity index (χ4n) is 3.84. The number of piperazine rings is 1. The first-order chi connectivity index (χ1) is 14.1. The Balaban J connectivity index is 1.65. The molecule has 1 aromatic heterocycles. The topological polar surface area (TPSA) is 57.7 Å². The van der Waals surface area contributed by atoms with E-state index in [2.05, 4.69) is 34.3 Å². The number of halogens is 1. The van der Waals surface area contributed by atoms with Gasteiger partial charge in [0.2, 0.25) is 5.88 Å². The monoisotopic (exact) mass is 412 g/mol. The van der Waals surface area contributed by atoms with Crippen molar-refractivity contribution < 1.29 is 9.53 Å². The minimum atomic E-state index is -0.0678. The lowest BCUT2D eigenvalue weighted by Crippen LogP contribution is -2.43. The van der Waals surface area contributed by atoms with Gasteiger partial charge < -0.3 is 15.0 Å². The molecule has 1 saturated heterocycles. The average molecular weight is 413 g/mol. The molecule has 6 nitrogen and oxygen atoms in total. The summed E-state index contributed by atoms with van der Waals surface area (Å²) in [6.07, 6.45) is 12.4. The minimum Gasteiger partial charge on any atom is -0.480 e. The number of methoxy groups -OCH3 is 1. The van der Waals surface area contributed by atoms with Gasteiger partial charge in [0.25, 0.3) is 5.91 Å². The van der Waals surface area contributed by atoms with Gasteiger partial charge in [0.05, 0.1) is 12.8 Å². The third kappa shape index (κ3) is 4.09. The molecule has 1 aromatic rings. The van der Waals surface area contributed by atoms with Crippen LogP contribution in [0.5, 0.6) is 5.88 Å². The number of pyridine rings is 1. The largest absolute Gasteiger partial charge is 0.480 e. The van der Waals surface area contributed by atoms with E-state index in [4.69, 9.17) is 16.3 Å². The molecule has 0 spiro atoms. The smallest absolute Gasteiger partial charge is 0.255 e. The van der Waals surface area contributed by atoms with Crippen LogP contribution < -0.4 is 10.1 Å². The molecule has 7 heteroatoms. The molecule has 3 aliphatic rings. The number of hydrogen-bond acceptors (Lipinski definition) is 5. The lowest BCUT2D eigenvalue weighted by molar-refractivity contribution is -0.122. The number of aromatic nitrogens is 1. The summed E-state index contributed by atoms with van der Waals surface area (Å²) in [6, 6.07) is 1.81. The number of nitrogens with zero attached hydrogens (tertiary/aromatic N) is 3. The highest BCUT2D eigenvalue weighted by atomic mass is 35.5. The van der Waals surface area contributed by atoms with Crippen LogP contribution in [-0.2, 0) is 4.79 Å². The standard InChI is InChI=1S/C22H25ClN4O2/c1-15-3-4-17-5-6-18(26-9-7-24-8-10-26)14-27(17)21(28)12-19(15)16-11-20(23)22(29-2)25-13-16/h4-6,11-15,24H,3,7-10H2,1-2H3. The van der Waals surface area contributed by atoms with Gasteiger partial charge in [-0.3, -0.25) is 9.69 Å². The van der Waals surface area contributed by atoms with Crippen molar-refractivity contribution in [3.8, 4) is 5.88 Å². The molecular formula is C22H25ClN4O2. The Bertz CT molecular complexity index is 929. The van der Waals surface area contributed by atoms with Gasteiger partial charge in [-0.15, -0.1) is 0 Å². The van der Waals surface area contributed by atoms with Gasteiger partial charge >= 0.3 is 0 Å². The van der Waals surface area contributed by atoms with E-state index >= 15 is 0 Å². The molecule has 0 saturated carbocycles. The van der Waals surface area contributed by atoms with Crippen molar-refractivity contribution in [1.82, 2.24) is 20.1 Å². The zero-order chi connectivity index (χ0) is 20.4. The van der Waals surface area contributed by atoms with Crippen molar-refractivity contribution in [3.63, 3.8) is 0 Å². The van der Waals surface area contributed by atoms with Crippen LogP contribution in [0.1, 0.15) is 18.9 Å². The van der Waals surface area contributed by atoms with Crippen molar-refractivity contribution in [2.45, 2.75) is 13.3 Å². The maximum atomic E-state index is 13.2. The van der Waals surface area contributed by atoms with E-state index in [1.807, 2.05) is 18.3 Å². The number of hydrogen-bond donors (Lipinski definition) is 1. The highest BCUT2D eigenvalue weighted by Gasteiger charge is 2.24. The van der Waals surface area contributed by atoms with Crippen LogP contribution in [0, 0.1) is 5.92 Å². The Morgan fingerprint density at radius 1 is 1.24 bits per heavy atom. The highest BCUT2D eigenvalue weighted by Crippen LogP contribution is 2.33. The summed E-state index contributed by atoms with van der Waals surface area (Å²) in [5.41, 5.74) is 3.75. The van der Waals surface area contributed by atoms with E-state index in [0.29, 0.717) is 10.9 Å². The molecule has 1 fully saturated rings. The van der Waals surface area contributed by atoms with Crippen molar-refractivity contribution >= 4 is 23.1 Å². The summed E-state index contributed by atoms with van der Waals surface area (Å²) in [5.74, 6) is 0.473. The van der Waals surface area contributed by atoms with E-state index in [1.54, 1.807) is 17.2 Å². The summed E-state index contributed by atoms with van der Waals surface area (Å²) < 4.78 is 5.15. The first-order valence-electron chi connectivity index (χ1n) is 9.87.